The minimum atomic E-state index is 0.340. The van der Waals surface area contributed by atoms with Crippen LogP contribution in [0.4, 0.5) is 0 Å². The van der Waals surface area contributed by atoms with Gasteiger partial charge in [0.15, 0.2) is 0 Å². The summed E-state index contributed by atoms with van der Waals surface area (Å²) in [4.78, 5) is 9.80. The Labute approximate surface area is 84.5 Å². The molecule has 0 unspecified atom stereocenters. The number of aromatic nitrogens is 3. The van der Waals surface area contributed by atoms with Gasteiger partial charge in [-0.25, -0.2) is 0 Å². The molecule has 1 N–H and O–H groups in total. The summed E-state index contributed by atoms with van der Waals surface area (Å²) in [5, 5.41) is 10.1. The smallest absolute Gasteiger partial charge is 0.139 e. The van der Waals surface area contributed by atoms with E-state index in [0.717, 1.165) is 18.7 Å². The van der Waals surface area contributed by atoms with Crippen LogP contribution in [0.1, 0.15) is 13.8 Å². The van der Waals surface area contributed by atoms with Crippen molar-refractivity contribution in [3.63, 3.8) is 0 Å². The van der Waals surface area contributed by atoms with Crippen molar-refractivity contribution < 1.29 is 4.79 Å². The molecule has 5 nitrogen and oxygen atoms in total. The van der Waals surface area contributed by atoms with Crippen LogP contribution in [0.15, 0.2) is 12.7 Å². The van der Waals surface area contributed by atoms with E-state index < -0.39 is 0 Å². The second kappa shape index (κ2) is 8.37. The lowest BCUT2D eigenvalue weighted by Crippen LogP contribution is -2.12. The lowest BCUT2D eigenvalue weighted by molar-refractivity contribution is -0.108. The predicted octanol–water partition coefficient (Wildman–Crippen LogP) is 0.339. The van der Waals surface area contributed by atoms with E-state index in [1.807, 2.05) is 7.05 Å². The Morgan fingerprint density at radius 2 is 2.00 bits per heavy atom. The fourth-order valence-corrected chi connectivity index (χ4v) is 0.811. The molecular formula is C9H18N4O. The zero-order valence-corrected chi connectivity index (χ0v) is 8.97. The highest BCUT2D eigenvalue weighted by Gasteiger charge is 1.84. The topological polar surface area (TPSA) is 59.8 Å². The SMILES string of the molecule is CNCC(C)C.O=CCn1cnnc1. The Bertz CT molecular complexity index is 221. The van der Waals surface area contributed by atoms with E-state index >= 15 is 0 Å². The molecule has 0 fully saturated rings. The molecule has 0 amide bonds. The van der Waals surface area contributed by atoms with Crippen molar-refractivity contribution >= 4 is 6.29 Å². The van der Waals surface area contributed by atoms with Crippen molar-refractivity contribution in [1.29, 1.82) is 0 Å². The zero-order chi connectivity index (χ0) is 10.8. The summed E-state index contributed by atoms with van der Waals surface area (Å²) >= 11 is 0. The first-order valence-electron chi connectivity index (χ1n) is 4.61. The van der Waals surface area contributed by atoms with Gasteiger partial charge in [-0.05, 0) is 19.5 Å². The number of hydrogen-bond donors (Lipinski definition) is 1. The van der Waals surface area contributed by atoms with Gasteiger partial charge in [0.25, 0.3) is 0 Å². The number of hydrogen-bond acceptors (Lipinski definition) is 4. The minimum Gasteiger partial charge on any atom is -0.319 e. The monoisotopic (exact) mass is 198 g/mol. The van der Waals surface area contributed by atoms with E-state index in [-0.39, 0.29) is 0 Å². The number of aldehydes is 1. The summed E-state index contributed by atoms with van der Waals surface area (Å²) in [6.45, 7) is 5.85. The summed E-state index contributed by atoms with van der Waals surface area (Å²) in [5.41, 5.74) is 0. The van der Waals surface area contributed by atoms with Crippen molar-refractivity contribution in [2.45, 2.75) is 20.4 Å². The molecule has 5 heteroatoms. The van der Waals surface area contributed by atoms with Gasteiger partial charge in [-0.2, -0.15) is 0 Å². The van der Waals surface area contributed by atoms with E-state index in [2.05, 4.69) is 29.4 Å². The maximum absolute atomic E-state index is 9.80. The Balaban J connectivity index is 0.000000255. The first kappa shape index (κ1) is 12.8. The van der Waals surface area contributed by atoms with E-state index in [4.69, 9.17) is 0 Å². The second-order valence-corrected chi connectivity index (χ2v) is 3.28. The number of carbonyl (C=O) groups is 1. The summed E-state index contributed by atoms with van der Waals surface area (Å²) in [6.07, 6.45) is 3.78. The van der Waals surface area contributed by atoms with Crippen LogP contribution in [-0.4, -0.2) is 34.6 Å². The average Bonchev–Trinajstić information content (AvgIpc) is 2.58. The highest BCUT2D eigenvalue weighted by Crippen LogP contribution is 1.83. The molecule has 0 atom stereocenters. The van der Waals surface area contributed by atoms with Gasteiger partial charge in [0.2, 0.25) is 0 Å². The van der Waals surface area contributed by atoms with E-state index in [1.54, 1.807) is 4.57 Å². The highest BCUT2D eigenvalue weighted by molar-refractivity contribution is 5.48. The third-order valence-corrected chi connectivity index (χ3v) is 1.36. The summed E-state index contributed by atoms with van der Waals surface area (Å²) in [7, 11) is 1.97. The summed E-state index contributed by atoms with van der Waals surface area (Å²) in [5.74, 6) is 0.787. The summed E-state index contributed by atoms with van der Waals surface area (Å²) < 4.78 is 1.59. The van der Waals surface area contributed by atoms with Crippen molar-refractivity contribution in [2.24, 2.45) is 5.92 Å². The maximum Gasteiger partial charge on any atom is 0.139 e. The summed E-state index contributed by atoms with van der Waals surface area (Å²) in [6, 6.07) is 0. The van der Waals surface area contributed by atoms with E-state index in [0.29, 0.717) is 6.54 Å². The second-order valence-electron chi connectivity index (χ2n) is 3.28. The molecule has 0 saturated heterocycles. The van der Waals surface area contributed by atoms with E-state index in [1.165, 1.54) is 12.7 Å². The molecule has 1 rings (SSSR count). The molecule has 0 saturated carbocycles. The van der Waals surface area contributed by atoms with Gasteiger partial charge >= 0.3 is 0 Å². The molecule has 0 bridgehead atoms. The van der Waals surface area contributed by atoms with Crippen molar-refractivity contribution in [1.82, 2.24) is 20.1 Å². The minimum absolute atomic E-state index is 0.340. The Hall–Kier alpha value is -1.23. The fourth-order valence-electron chi connectivity index (χ4n) is 0.811. The molecule has 0 aliphatic heterocycles. The Morgan fingerprint density at radius 1 is 1.43 bits per heavy atom. The third-order valence-electron chi connectivity index (χ3n) is 1.36. The molecule has 0 aliphatic rings. The first-order valence-corrected chi connectivity index (χ1v) is 4.61. The highest BCUT2D eigenvalue weighted by atomic mass is 16.1. The maximum atomic E-state index is 9.80. The molecule has 1 aromatic rings. The van der Waals surface area contributed by atoms with Crippen LogP contribution in [0, 0.1) is 5.92 Å². The molecule has 0 radical (unpaired) electrons. The Kier molecular flexibility index (Phi) is 7.64. The van der Waals surface area contributed by atoms with Crippen LogP contribution >= 0.6 is 0 Å². The van der Waals surface area contributed by atoms with Crippen LogP contribution in [0.2, 0.25) is 0 Å². The van der Waals surface area contributed by atoms with Crippen molar-refractivity contribution in [3.8, 4) is 0 Å². The average molecular weight is 198 g/mol. The predicted molar refractivity (Wildman–Crippen MR) is 54.9 cm³/mol. The molecule has 0 aliphatic carbocycles. The standard InChI is InChI=1S/C5H13N.C4H5N3O/c1-5(2)4-6-3;8-2-1-7-3-5-6-4-7/h5-6H,4H2,1-3H3;2-4H,1H2. The molecule has 0 spiro atoms. The number of nitrogens with one attached hydrogen (secondary N) is 1. The number of carbonyl (C=O) groups excluding carboxylic acids is 1. The van der Waals surface area contributed by atoms with Crippen molar-refractivity contribution in [3.05, 3.63) is 12.7 Å². The zero-order valence-electron chi connectivity index (χ0n) is 8.97. The van der Waals surface area contributed by atoms with Gasteiger partial charge < -0.3 is 14.7 Å². The quantitative estimate of drug-likeness (QED) is 0.709. The molecule has 0 aromatic carbocycles. The van der Waals surface area contributed by atoms with Gasteiger partial charge in [0.05, 0.1) is 6.54 Å². The van der Waals surface area contributed by atoms with E-state index in [9.17, 15) is 4.79 Å². The molecule has 1 heterocycles. The van der Waals surface area contributed by atoms with Crippen molar-refractivity contribution in [2.75, 3.05) is 13.6 Å². The van der Waals surface area contributed by atoms with Crippen LogP contribution in [0.25, 0.3) is 0 Å². The lowest BCUT2D eigenvalue weighted by atomic mass is 10.2. The largest absolute Gasteiger partial charge is 0.319 e. The van der Waals surface area contributed by atoms with Crippen LogP contribution in [-0.2, 0) is 11.3 Å². The fraction of sp³-hybridized carbons (Fsp3) is 0.667. The first-order chi connectivity index (χ1) is 6.70. The number of nitrogens with zero attached hydrogens (tertiary/aromatic N) is 3. The van der Waals surface area contributed by atoms with Gasteiger partial charge in [-0.1, -0.05) is 13.8 Å². The molecule has 1 aromatic heterocycles. The molecule has 14 heavy (non-hydrogen) atoms. The van der Waals surface area contributed by atoms with Gasteiger partial charge in [-0.15, -0.1) is 10.2 Å². The third kappa shape index (κ3) is 7.42. The Morgan fingerprint density at radius 3 is 2.29 bits per heavy atom. The molecular weight excluding hydrogens is 180 g/mol. The lowest BCUT2D eigenvalue weighted by Gasteiger charge is -1.98. The van der Waals surface area contributed by atoms with Gasteiger partial charge in [0.1, 0.15) is 18.9 Å². The normalized spacial score (nSPS) is 9.43. The molecule has 80 valence electrons. The van der Waals surface area contributed by atoms with Gasteiger partial charge in [0, 0.05) is 0 Å². The van der Waals surface area contributed by atoms with Gasteiger partial charge in [-0.3, -0.25) is 0 Å². The van der Waals surface area contributed by atoms with Crippen LogP contribution in [0.5, 0.6) is 0 Å². The van der Waals surface area contributed by atoms with Crippen LogP contribution in [0.3, 0.4) is 0 Å². The van der Waals surface area contributed by atoms with Crippen LogP contribution < -0.4 is 5.32 Å². The number of rotatable bonds is 4.